The number of imidazole rings is 1. The number of carbonyl (C=O) groups is 1. The summed E-state index contributed by atoms with van der Waals surface area (Å²) in [5, 5.41) is 9.70. The molecule has 1 aliphatic heterocycles. The summed E-state index contributed by atoms with van der Waals surface area (Å²) in [7, 11) is -0.498. The lowest BCUT2D eigenvalue weighted by molar-refractivity contribution is -0.137. The summed E-state index contributed by atoms with van der Waals surface area (Å²) in [4.78, 5) is 20.9. The van der Waals surface area contributed by atoms with Gasteiger partial charge in [0.1, 0.15) is 11.9 Å². The smallest absolute Gasteiger partial charge is 0.416 e. The average Bonchev–Trinajstić information content (AvgIpc) is 3.39. The molecule has 0 bridgehead atoms. The molecule has 3 atom stereocenters. The lowest BCUT2D eigenvalue weighted by atomic mass is 10.0. The van der Waals surface area contributed by atoms with Crippen LogP contribution in [0.3, 0.4) is 0 Å². The van der Waals surface area contributed by atoms with E-state index in [0.717, 1.165) is 12.1 Å². The molecule has 234 valence electrons. The van der Waals surface area contributed by atoms with E-state index in [1.165, 1.54) is 29.2 Å². The summed E-state index contributed by atoms with van der Waals surface area (Å²) < 4.78 is 75.1. The Balaban J connectivity index is 1.59. The number of carbonyl (C=O) groups excluding carboxylic acids is 1. The summed E-state index contributed by atoms with van der Waals surface area (Å²) in [6, 6.07) is 9.23. The number of hydrogen-bond donors (Lipinski definition) is 2. The van der Waals surface area contributed by atoms with E-state index in [0.29, 0.717) is 36.5 Å². The second-order valence-electron chi connectivity index (χ2n) is 11.1. The molecule has 0 radical (unpaired) electrons. The Bertz CT molecular complexity index is 1530. The Hall–Kier alpha value is -3.62. The van der Waals surface area contributed by atoms with Crippen molar-refractivity contribution in [3.63, 3.8) is 0 Å². The molecule has 0 spiro atoms. The maximum atomic E-state index is 13.4. The Morgan fingerprint density at radius 1 is 1.21 bits per heavy atom. The largest absolute Gasteiger partial charge is 0.488 e. The SMILES string of the molecule is C[C@H]1CN([C@@H](C)CO)C(=O)Cc2cc(NS(=O)(=O)c3cn(C)cn3)ccc2O[C@H]1CN(C)Cc1ccc(C(F)(F)F)cc1. The third kappa shape index (κ3) is 8.06. The first-order valence-electron chi connectivity index (χ1n) is 13.7. The lowest BCUT2D eigenvalue weighted by Gasteiger charge is -2.34. The number of anilines is 1. The van der Waals surface area contributed by atoms with Crippen LogP contribution in [0.5, 0.6) is 5.75 Å². The van der Waals surface area contributed by atoms with Gasteiger partial charge in [0.05, 0.1) is 31.0 Å². The first kappa shape index (κ1) is 32.3. The van der Waals surface area contributed by atoms with Gasteiger partial charge in [0.15, 0.2) is 5.03 Å². The van der Waals surface area contributed by atoms with E-state index in [2.05, 4.69) is 9.71 Å². The van der Waals surface area contributed by atoms with Crippen molar-refractivity contribution < 1.29 is 36.2 Å². The van der Waals surface area contributed by atoms with Gasteiger partial charge >= 0.3 is 6.18 Å². The van der Waals surface area contributed by atoms with Crippen LogP contribution in [0.4, 0.5) is 18.9 Å². The van der Waals surface area contributed by atoms with Crippen molar-refractivity contribution >= 4 is 21.6 Å². The Morgan fingerprint density at radius 2 is 1.91 bits per heavy atom. The fraction of sp³-hybridized carbons (Fsp3) is 0.448. The summed E-state index contributed by atoms with van der Waals surface area (Å²) in [6.45, 7) is 4.47. The van der Waals surface area contributed by atoms with Crippen LogP contribution in [-0.2, 0) is 41.0 Å². The van der Waals surface area contributed by atoms with Gasteiger partial charge in [0.25, 0.3) is 10.0 Å². The number of halogens is 3. The minimum Gasteiger partial charge on any atom is -0.488 e. The van der Waals surface area contributed by atoms with Crippen molar-refractivity contribution in [2.75, 3.05) is 31.5 Å². The highest BCUT2D eigenvalue weighted by Gasteiger charge is 2.32. The molecule has 4 rings (SSSR count). The first-order chi connectivity index (χ1) is 20.2. The molecule has 10 nitrogen and oxygen atoms in total. The standard InChI is InChI=1S/C29H36F3N5O5S/c1-19-13-37(20(2)17-38)28(39)12-22-11-24(34-43(40,41)27-16-36(4)18-33-27)9-10-25(22)42-26(19)15-35(3)14-21-5-7-23(8-6-21)29(30,31)32/h5-11,16,18-20,26,34,38H,12-15,17H2,1-4H3/t19-,20-,26-/m0/s1. The fourth-order valence-electron chi connectivity index (χ4n) is 4.93. The molecule has 1 aromatic heterocycles. The second-order valence-corrected chi connectivity index (χ2v) is 12.7. The van der Waals surface area contributed by atoms with Crippen LogP contribution in [0.15, 0.2) is 60.0 Å². The quantitative estimate of drug-likeness (QED) is 0.375. The molecule has 3 aromatic rings. The molecule has 2 aromatic carbocycles. The molecule has 43 heavy (non-hydrogen) atoms. The normalized spacial score (nSPS) is 18.8. The zero-order chi connectivity index (χ0) is 31.5. The molecule has 0 unspecified atom stereocenters. The van der Waals surface area contributed by atoms with Crippen LogP contribution >= 0.6 is 0 Å². The van der Waals surface area contributed by atoms with Crippen LogP contribution in [0, 0.1) is 5.92 Å². The van der Waals surface area contributed by atoms with Crippen LogP contribution in [0.1, 0.15) is 30.5 Å². The van der Waals surface area contributed by atoms with E-state index in [-0.39, 0.29) is 35.6 Å². The van der Waals surface area contributed by atoms with Crippen molar-refractivity contribution in [3.05, 3.63) is 71.7 Å². The number of sulfonamides is 1. The van der Waals surface area contributed by atoms with Gasteiger partial charge < -0.3 is 19.3 Å². The van der Waals surface area contributed by atoms with E-state index in [1.54, 1.807) is 37.1 Å². The van der Waals surface area contributed by atoms with E-state index in [4.69, 9.17) is 4.74 Å². The van der Waals surface area contributed by atoms with Gasteiger partial charge in [-0.3, -0.25) is 14.4 Å². The Kier molecular flexibility index (Phi) is 9.72. The van der Waals surface area contributed by atoms with Crippen molar-refractivity contribution in [2.45, 2.75) is 50.2 Å². The number of aliphatic hydroxyl groups is 1. The number of alkyl halides is 3. The van der Waals surface area contributed by atoms with Gasteiger partial charge in [-0.2, -0.15) is 21.6 Å². The monoisotopic (exact) mass is 623 g/mol. The molecule has 1 aliphatic rings. The van der Waals surface area contributed by atoms with Crippen LogP contribution in [0.25, 0.3) is 0 Å². The Morgan fingerprint density at radius 3 is 2.51 bits per heavy atom. The number of aryl methyl sites for hydroxylation is 1. The molecular weight excluding hydrogens is 587 g/mol. The maximum absolute atomic E-state index is 13.4. The molecule has 1 amide bonds. The number of hydrogen-bond acceptors (Lipinski definition) is 7. The zero-order valence-electron chi connectivity index (χ0n) is 24.4. The number of ether oxygens (including phenoxy) is 1. The number of nitrogens with zero attached hydrogens (tertiary/aromatic N) is 4. The van der Waals surface area contributed by atoms with Crippen molar-refractivity contribution in [3.8, 4) is 5.75 Å². The number of benzene rings is 2. The third-order valence-electron chi connectivity index (χ3n) is 7.35. The molecule has 14 heteroatoms. The minimum absolute atomic E-state index is 0.0837. The molecule has 0 aliphatic carbocycles. The highest BCUT2D eigenvalue weighted by atomic mass is 32.2. The molecule has 0 saturated carbocycles. The summed E-state index contributed by atoms with van der Waals surface area (Å²) in [6.07, 6.45) is -2.20. The topological polar surface area (TPSA) is 117 Å². The number of fused-ring (bicyclic) bond motifs is 1. The van der Waals surface area contributed by atoms with Gasteiger partial charge in [-0.05, 0) is 49.9 Å². The highest BCUT2D eigenvalue weighted by Crippen LogP contribution is 2.31. The molecular formula is C29H36F3N5O5S. The average molecular weight is 624 g/mol. The molecule has 2 N–H and O–H groups in total. The highest BCUT2D eigenvalue weighted by molar-refractivity contribution is 7.92. The van der Waals surface area contributed by atoms with Gasteiger partial charge in [0.2, 0.25) is 5.91 Å². The summed E-state index contributed by atoms with van der Waals surface area (Å²) >= 11 is 0. The van der Waals surface area contributed by atoms with Gasteiger partial charge in [-0.15, -0.1) is 0 Å². The third-order valence-corrected chi connectivity index (χ3v) is 8.62. The number of likely N-dealkylation sites (N-methyl/N-ethyl adjacent to an activating group) is 1. The maximum Gasteiger partial charge on any atom is 0.416 e. The molecule has 0 fully saturated rings. The van der Waals surface area contributed by atoms with Gasteiger partial charge in [0, 0.05) is 50.0 Å². The van der Waals surface area contributed by atoms with E-state index in [1.807, 2.05) is 18.9 Å². The molecule has 0 saturated heterocycles. The molecule has 2 heterocycles. The van der Waals surface area contributed by atoms with Gasteiger partial charge in [-0.25, -0.2) is 4.98 Å². The predicted octanol–water partition coefficient (Wildman–Crippen LogP) is 3.52. The van der Waals surface area contributed by atoms with Crippen LogP contribution in [-0.4, -0.2) is 77.7 Å². The van der Waals surface area contributed by atoms with Crippen LogP contribution < -0.4 is 9.46 Å². The van der Waals surface area contributed by atoms with E-state index in [9.17, 15) is 31.5 Å². The number of amides is 1. The summed E-state index contributed by atoms with van der Waals surface area (Å²) in [5.74, 6) is -0.0320. The zero-order valence-corrected chi connectivity index (χ0v) is 25.2. The van der Waals surface area contributed by atoms with Crippen molar-refractivity contribution in [1.82, 2.24) is 19.4 Å². The first-order valence-corrected chi connectivity index (χ1v) is 15.2. The van der Waals surface area contributed by atoms with Crippen molar-refractivity contribution in [1.29, 1.82) is 0 Å². The fourth-order valence-corrected chi connectivity index (χ4v) is 5.96. The lowest BCUT2D eigenvalue weighted by Crippen LogP contribution is -2.47. The van der Waals surface area contributed by atoms with E-state index < -0.39 is 33.9 Å². The van der Waals surface area contributed by atoms with E-state index >= 15 is 0 Å². The summed E-state index contributed by atoms with van der Waals surface area (Å²) in [5.41, 5.74) is 0.673. The van der Waals surface area contributed by atoms with Crippen LogP contribution in [0.2, 0.25) is 0 Å². The number of rotatable bonds is 9. The number of aromatic nitrogens is 2. The predicted molar refractivity (Wildman–Crippen MR) is 154 cm³/mol. The Labute approximate surface area is 249 Å². The number of aliphatic hydroxyl groups excluding tert-OH is 1. The second kappa shape index (κ2) is 12.9. The van der Waals surface area contributed by atoms with Gasteiger partial charge in [-0.1, -0.05) is 19.1 Å². The van der Waals surface area contributed by atoms with Crippen molar-refractivity contribution in [2.24, 2.45) is 13.0 Å². The number of nitrogens with one attached hydrogen (secondary N) is 1. The minimum atomic E-state index is -4.41.